The maximum Gasteiger partial charge on any atom is 0.472 e. The van der Waals surface area contributed by atoms with Gasteiger partial charge in [-0.15, -0.1) is 0 Å². The highest BCUT2D eigenvalue weighted by Gasteiger charge is 2.27. The summed E-state index contributed by atoms with van der Waals surface area (Å²) in [5, 5.41) is 0. The molecule has 0 heterocycles. The number of unbranched alkanes of at least 4 members (excludes halogenated alkanes) is 72. The number of hydrogen-bond donors (Lipinski definition) is 1. The van der Waals surface area contributed by atoms with Crippen LogP contribution in [0.1, 0.15) is 515 Å². The van der Waals surface area contributed by atoms with Crippen molar-refractivity contribution in [2.45, 2.75) is 521 Å². The smallest absolute Gasteiger partial charge is 0.462 e. The summed E-state index contributed by atoms with van der Waals surface area (Å²) in [7, 11) is 1.51. The normalized spacial score (nSPS) is 12.9. The van der Waals surface area contributed by atoms with E-state index in [1.54, 1.807) is 0 Å². The number of likely N-dealkylation sites (N-methyl/N-ethyl adjacent to an activating group) is 1. The second-order valence-corrected chi connectivity index (χ2v) is 35.2. The standard InChI is InChI=1S/C94H184NO8P/c1-6-8-10-12-14-16-18-20-22-24-26-28-30-32-34-36-38-40-42-44-46-47-49-50-52-54-56-58-60-62-64-66-68-70-72-74-76-78-80-82-84-86-93(96)100-90-92(91-102-104(98,99)101-89-88-95(3,4)5)103-94(97)87-85-83-81-79-77-75-73-71-69-67-65-63-61-59-57-55-53-51-48-45-43-41-39-37-35-33-31-29-27-25-23-21-19-17-15-13-11-9-7-2/h19,21,25,27,92H,6-18,20,22-24,26,28-91H2,1-5H3/p+1/b21-19-,27-25-. The molecule has 618 valence electrons. The van der Waals surface area contributed by atoms with Crippen LogP contribution in [0.2, 0.25) is 0 Å². The zero-order valence-electron chi connectivity index (χ0n) is 71.1. The third-order valence-corrected chi connectivity index (χ3v) is 23.0. The maximum absolute atomic E-state index is 13.0. The maximum atomic E-state index is 13.0. The van der Waals surface area contributed by atoms with Gasteiger partial charge in [0.15, 0.2) is 6.10 Å². The average Bonchev–Trinajstić information content (AvgIpc) is 0.915. The molecular formula is C94H185NO8P+. The Hall–Kier alpha value is -1.51. The third-order valence-electron chi connectivity index (χ3n) is 22.0. The van der Waals surface area contributed by atoms with Crippen LogP contribution in [0, 0.1) is 0 Å². The van der Waals surface area contributed by atoms with Crippen LogP contribution in [-0.2, 0) is 32.7 Å². The average molecular weight is 1490 g/mol. The Morgan fingerprint density at radius 2 is 0.519 bits per heavy atom. The third kappa shape index (κ3) is 89.4. The fourth-order valence-electron chi connectivity index (χ4n) is 14.8. The Morgan fingerprint density at radius 1 is 0.298 bits per heavy atom. The van der Waals surface area contributed by atoms with Crippen molar-refractivity contribution in [2.24, 2.45) is 0 Å². The molecule has 0 aromatic rings. The van der Waals surface area contributed by atoms with E-state index in [2.05, 4.69) is 38.2 Å². The van der Waals surface area contributed by atoms with Crippen LogP contribution in [-0.4, -0.2) is 74.9 Å². The van der Waals surface area contributed by atoms with E-state index < -0.39 is 26.5 Å². The van der Waals surface area contributed by atoms with Gasteiger partial charge in [0.2, 0.25) is 0 Å². The first-order valence-electron chi connectivity index (χ1n) is 47.1. The van der Waals surface area contributed by atoms with Crippen LogP contribution in [0.3, 0.4) is 0 Å². The molecule has 104 heavy (non-hydrogen) atoms. The Labute approximate surface area is 650 Å². The first-order chi connectivity index (χ1) is 51.0. The number of allylic oxidation sites excluding steroid dienone is 4. The van der Waals surface area contributed by atoms with Gasteiger partial charge < -0.3 is 18.9 Å². The highest BCUT2D eigenvalue weighted by Crippen LogP contribution is 2.43. The lowest BCUT2D eigenvalue weighted by Gasteiger charge is -2.24. The lowest BCUT2D eigenvalue weighted by atomic mass is 10.0. The van der Waals surface area contributed by atoms with Crippen molar-refractivity contribution in [3.63, 3.8) is 0 Å². The Morgan fingerprint density at radius 3 is 0.760 bits per heavy atom. The van der Waals surface area contributed by atoms with Crippen molar-refractivity contribution in [2.75, 3.05) is 47.5 Å². The van der Waals surface area contributed by atoms with Crippen molar-refractivity contribution >= 4 is 19.8 Å². The van der Waals surface area contributed by atoms with Crippen molar-refractivity contribution in [3.8, 4) is 0 Å². The number of quaternary nitrogens is 1. The first kappa shape index (κ1) is 102. The Bertz CT molecular complexity index is 1800. The van der Waals surface area contributed by atoms with Gasteiger partial charge in [0.05, 0.1) is 27.7 Å². The summed E-state index contributed by atoms with van der Waals surface area (Å²) in [6.07, 6.45) is 113. The number of hydrogen-bond acceptors (Lipinski definition) is 7. The summed E-state index contributed by atoms with van der Waals surface area (Å²) < 4.78 is 34.9. The molecule has 0 fully saturated rings. The first-order valence-corrected chi connectivity index (χ1v) is 48.6. The van der Waals surface area contributed by atoms with Crippen LogP contribution >= 0.6 is 7.82 Å². The van der Waals surface area contributed by atoms with Gasteiger partial charge in [-0.25, -0.2) is 4.57 Å². The molecule has 0 aromatic carbocycles. The van der Waals surface area contributed by atoms with Crippen molar-refractivity contribution < 1.29 is 42.1 Å². The van der Waals surface area contributed by atoms with E-state index in [0.717, 1.165) is 44.9 Å². The molecule has 0 aliphatic heterocycles. The van der Waals surface area contributed by atoms with E-state index in [9.17, 15) is 19.0 Å². The lowest BCUT2D eigenvalue weighted by Crippen LogP contribution is -2.37. The SMILES string of the molecule is CCCCCCC/C=C\C/C=C\CCCCCCCCCCCCCCCCCCCCCCCCCCCCCC(=O)OC(COC(=O)CCCCCCCCCCCCCCCCCCCCCCCCCCCCCCCCCCCCCCCCCCC)COP(=O)(O)OCC[N+](C)(C)C. The van der Waals surface area contributed by atoms with Crippen LogP contribution < -0.4 is 0 Å². The number of ether oxygens (including phenoxy) is 2. The van der Waals surface area contributed by atoms with Crippen molar-refractivity contribution in [1.82, 2.24) is 0 Å². The minimum Gasteiger partial charge on any atom is -0.462 e. The summed E-state index contributed by atoms with van der Waals surface area (Å²) in [4.78, 5) is 36.1. The van der Waals surface area contributed by atoms with Crippen LogP contribution in [0.5, 0.6) is 0 Å². The van der Waals surface area contributed by atoms with Gasteiger partial charge in [-0.3, -0.25) is 18.6 Å². The minimum absolute atomic E-state index is 0.0368. The van der Waals surface area contributed by atoms with E-state index in [1.165, 1.54) is 443 Å². The molecule has 2 atom stereocenters. The van der Waals surface area contributed by atoms with Gasteiger partial charge >= 0.3 is 19.8 Å². The van der Waals surface area contributed by atoms with E-state index in [-0.39, 0.29) is 25.6 Å². The Balaban J connectivity index is 3.80. The molecule has 0 rings (SSSR count). The van der Waals surface area contributed by atoms with Gasteiger partial charge in [0.1, 0.15) is 19.8 Å². The molecule has 0 aliphatic carbocycles. The summed E-state index contributed by atoms with van der Waals surface area (Å²) in [5.74, 6) is -0.764. The number of nitrogens with zero attached hydrogens (tertiary/aromatic N) is 1. The fourth-order valence-corrected chi connectivity index (χ4v) is 15.6. The largest absolute Gasteiger partial charge is 0.472 e. The van der Waals surface area contributed by atoms with Gasteiger partial charge in [-0.1, -0.05) is 481 Å². The Kier molecular flexibility index (Phi) is 84.2. The number of carbonyl (C=O) groups is 2. The van der Waals surface area contributed by atoms with Gasteiger partial charge in [-0.2, -0.15) is 0 Å². The number of rotatable bonds is 90. The van der Waals surface area contributed by atoms with Gasteiger partial charge in [0, 0.05) is 12.8 Å². The highest BCUT2D eigenvalue weighted by atomic mass is 31.2. The van der Waals surface area contributed by atoms with Crippen LogP contribution in [0.4, 0.5) is 0 Å². The molecule has 2 unspecified atom stereocenters. The molecule has 0 saturated heterocycles. The van der Waals surface area contributed by atoms with Crippen LogP contribution in [0.15, 0.2) is 24.3 Å². The summed E-state index contributed by atoms with van der Waals surface area (Å²) in [6.45, 7) is 4.53. The van der Waals surface area contributed by atoms with Gasteiger partial charge in [0.25, 0.3) is 0 Å². The second-order valence-electron chi connectivity index (χ2n) is 33.8. The predicted octanol–water partition coefficient (Wildman–Crippen LogP) is 31.9. The monoisotopic (exact) mass is 1490 g/mol. The zero-order valence-corrected chi connectivity index (χ0v) is 72.0. The number of phosphoric ester groups is 1. The zero-order chi connectivity index (χ0) is 75.4. The van der Waals surface area contributed by atoms with E-state index in [4.69, 9.17) is 18.5 Å². The second kappa shape index (κ2) is 85.5. The van der Waals surface area contributed by atoms with Crippen LogP contribution in [0.25, 0.3) is 0 Å². The molecule has 0 bridgehead atoms. The predicted molar refractivity (Wildman–Crippen MR) is 455 cm³/mol. The van der Waals surface area contributed by atoms with Crippen molar-refractivity contribution in [3.05, 3.63) is 24.3 Å². The lowest BCUT2D eigenvalue weighted by molar-refractivity contribution is -0.870. The van der Waals surface area contributed by atoms with Crippen molar-refractivity contribution in [1.29, 1.82) is 0 Å². The molecule has 9 nitrogen and oxygen atoms in total. The topological polar surface area (TPSA) is 108 Å². The highest BCUT2D eigenvalue weighted by molar-refractivity contribution is 7.47. The van der Waals surface area contributed by atoms with E-state index in [0.29, 0.717) is 17.4 Å². The summed E-state index contributed by atoms with van der Waals surface area (Å²) in [6, 6.07) is 0. The molecular weight excluding hydrogens is 1300 g/mol. The molecule has 10 heteroatoms. The molecule has 0 radical (unpaired) electrons. The molecule has 1 N–H and O–H groups in total. The number of phosphoric acid groups is 1. The quantitative estimate of drug-likeness (QED) is 0.0211. The summed E-state index contributed by atoms with van der Waals surface area (Å²) in [5.41, 5.74) is 0. The molecule has 0 aromatic heterocycles. The van der Waals surface area contributed by atoms with Gasteiger partial charge in [-0.05, 0) is 44.9 Å². The molecule has 0 saturated carbocycles. The van der Waals surface area contributed by atoms with E-state index >= 15 is 0 Å². The molecule has 0 amide bonds. The molecule has 0 aliphatic rings. The summed E-state index contributed by atoms with van der Waals surface area (Å²) >= 11 is 0. The fraction of sp³-hybridized carbons (Fsp3) is 0.936. The molecule has 0 spiro atoms. The number of esters is 2. The number of carbonyl (C=O) groups excluding carboxylic acids is 2. The van der Waals surface area contributed by atoms with E-state index in [1.807, 2.05) is 21.1 Å². The minimum atomic E-state index is -4.39.